The predicted octanol–water partition coefficient (Wildman–Crippen LogP) is 3.66. The number of nitrogens with one attached hydrogen (secondary N) is 1. The van der Waals surface area contributed by atoms with E-state index in [2.05, 4.69) is 15.3 Å². The molecule has 2 aromatic heterocycles. The summed E-state index contributed by atoms with van der Waals surface area (Å²) in [6.45, 7) is 5.71. The molecule has 0 spiro atoms. The average molecular weight is 461 g/mol. The topological polar surface area (TPSA) is 149 Å². The van der Waals surface area contributed by atoms with Crippen LogP contribution in [0.4, 0.5) is 17.6 Å². The third-order valence-electron chi connectivity index (χ3n) is 5.50. The number of fused-ring (bicyclic) bond motifs is 1. The molecule has 0 radical (unpaired) electrons. The lowest BCUT2D eigenvalue weighted by Gasteiger charge is -2.22. The van der Waals surface area contributed by atoms with Crippen molar-refractivity contribution in [2.45, 2.75) is 26.8 Å². The van der Waals surface area contributed by atoms with Crippen LogP contribution in [-0.2, 0) is 0 Å². The first-order valence-electron chi connectivity index (χ1n) is 10.1. The Kier molecular flexibility index (Phi) is 5.62. The van der Waals surface area contributed by atoms with Crippen LogP contribution < -0.4 is 22.3 Å². The molecule has 4 rings (SSSR count). The summed E-state index contributed by atoms with van der Waals surface area (Å²) in [6, 6.07) is 12.2. The lowest BCUT2D eigenvalue weighted by molar-refractivity contribution is 0.728. The second-order valence-electron chi connectivity index (χ2n) is 7.63. The van der Waals surface area contributed by atoms with Crippen LogP contribution in [0.3, 0.4) is 0 Å². The second kappa shape index (κ2) is 8.41. The molecule has 2 heterocycles. The van der Waals surface area contributed by atoms with Crippen LogP contribution in [-0.4, -0.2) is 19.5 Å². The van der Waals surface area contributed by atoms with Crippen molar-refractivity contribution in [2.24, 2.45) is 0 Å². The van der Waals surface area contributed by atoms with Crippen molar-refractivity contribution >= 4 is 40.1 Å². The van der Waals surface area contributed by atoms with E-state index in [1.807, 2.05) is 38.1 Å². The van der Waals surface area contributed by atoms with Crippen molar-refractivity contribution < 1.29 is 0 Å². The van der Waals surface area contributed by atoms with Gasteiger partial charge < -0.3 is 16.8 Å². The van der Waals surface area contributed by atoms with Crippen LogP contribution in [0.15, 0.2) is 41.2 Å². The van der Waals surface area contributed by atoms with Gasteiger partial charge in [-0.1, -0.05) is 29.8 Å². The van der Waals surface area contributed by atoms with Gasteiger partial charge >= 0.3 is 0 Å². The van der Waals surface area contributed by atoms with Crippen molar-refractivity contribution in [1.82, 2.24) is 19.5 Å². The number of nitrogens with two attached hydrogens (primary N) is 2. The van der Waals surface area contributed by atoms with Gasteiger partial charge in [0.05, 0.1) is 27.7 Å². The van der Waals surface area contributed by atoms with E-state index in [9.17, 15) is 10.1 Å². The number of halogens is 1. The number of anilines is 3. The molecule has 2 aromatic carbocycles. The molecule has 0 aliphatic carbocycles. The first-order valence-corrected chi connectivity index (χ1v) is 10.5. The highest BCUT2D eigenvalue weighted by Gasteiger charge is 2.22. The van der Waals surface area contributed by atoms with Crippen molar-refractivity contribution in [3.63, 3.8) is 0 Å². The standard InChI is InChI=1S/C23H21ClN8O/c1-11-6-4-9-17(12(11)2)32-21(29-16-8-5-7-15(24)18(16)22(32)33)13(3)28-20-14(10-25)19(26)30-23(27)31-20/h4-9,13H,1-3H3,(H5,26,27,28,30,31)/t13-/m0/s1. The van der Waals surface area contributed by atoms with Gasteiger partial charge in [0.2, 0.25) is 5.95 Å². The maximum atomic E-state index is 13.7. The molecule has 0 saturated heterocycles. The van der Waals surface area contributed by atoms with E-state index in [1.54, 1.807) is 25.1 Å². The smallest absolute Gasteiger partial charge is 0.267 e. The maximum absolute atomic E-state index is 13.7. The van der Waals surface area contributed by atoms with E-state index in [0.29, 0.717) is 27.4 Å². The molecule has 10 heteroatoms. The van der Waals surface area contributed by atoms with E-state index < -0.39 is 6.04 Å². The normalized spacial score (nSPS) is 11.8. The summed E-state index contributed by atoms with van der Waals surface area (Å²) in [5.41, 5.74) is 14.4. The molecule has 33 heavy (non-hydrogen) atoms. The fourth-order valence-corrected chi connectivity index (χ4v) is 3.94. The lowest BCUT2D eigenvalue weighted by Crippen LogP contribution is -2.28. The summed E-state index contributed by atoms with van der Waals surface area (Å²) in [4.78, 5) is 26.4. The number of aryl methyl sites for hydroxylation is 1. The summed E-state index contributed by atoms with van der Waals surface area (Å²) in [7, 11) is 0. The van der Waals surface area contributed by atoms with Gasteiger partial charge in [0.15, 0.2) is 5.82 Å². The highest BCUT2D eigenvalue weighted by atomic mass is 35.5. The number of nitriles is 1. The number of hydrogen-bond donors (Lipinski definition) is 3. The van der Waals surface area contributed by atoms with Crippen LogP contribution in [0.2, 0.25) is 5.02 Å². The monoisotopic (exact) mass is 460 g/mol. The Labute approximate surface area is 194 Å². The Balaban J connectivity index is 1.99. The predicted molar refractivity (Wildman–Crippen MR) is 129 cm³/mol. The fourth-order valence-electron chi connectivity index (χ4n) is 3.69. The minimum absolute atomic E-state index is 0.0372. The molecule has 0 amide bonds. The lowest BCUT2D eigenvalue weighted by atomic mass is 10.1. The molecule has 0 bridgehead atoms. The minimum Gasteiger partial charge on any atom is -0.382 e. The van der Waals surface area contributed by atoms with Crippen molar-refractivity contribution in [3.05, 3.63) is 74.3 Å². The Morgan fingerprint density at radius 3 is 2.58 bits per heavy atom. The summed E-state index contributed by atoms with van der Waals surface area (Å²) < 4.78 is 1.54. The van der Waals surface area contributed by atoms with E-state index in [1.165, 1.54) is 4.57 Å². The summed E-state index contributed by atoms with van der Waals surface area (Å²) in [6.07, 6.45) is 0. The van der Waals surface area contributed by atoms with Gasteiger partial charge in [0, 0.05) is 0 Å². The van der Waals surface area contributed by atoms with Crippen molar-refractivity contribution in [1.29, 1.82) is 5.26 Å². The molecule has 0 aliphatic rings. The third-order valence-corrected chi connectivity index (χ3v) is 5.81. The largest absolute Gasteiger partial charge is 0.382 e. The van der Waals surface area contributed by atoms with Crippen LogP contribution in [0.25, 0.3) is 16.6 Å². The van der Waals surface area contributed by atoms with Gasteiger partial charge in [-0.05, 0) is 50.1 Å². The van der Waals surface area contributed by atoms with Crippen molar-refractivity contribution in [3.8, 4) is 11.8 Å². The molecule has 0 fully saturated rings. The molecule has 0 saturated carbocycles. The molecule has 4 aromatic rings. The number of aromatic nitrogens is 4. The van der Waals surface area contributed by atoms with E-state index >= 15 is 0 Å². The molecular weight excluding hydrogens is 440 g/mol. The SMILES string of the molecule is Cc1cccc(-n2c([C@H](C)Nc3nc(N)nc(N)c3C#N)nc3cccc(Cl)c3c2=O)c1C. The van der Waals surface area contributed by atoms with E-state index in [-0.39, 0.29) is 28.7 Å². The number of benzene rings is 2. The molecular formula is C23H21ClN8O. The summed E-state index contributed by atoms with van der Waals surface area (Å²) >= 11 is 6.38. The van der Waals surface area contributed by atoms with Crippen LogP contribution in [0, 0.1) is 25.2 Å². The highest BCUT2D eigenvalue weighted by molar-refractivity contribution is 6.35. The number of hydrogen-bond acceptors (Lipinski definition) is 8. The minimum atomic E-state index is -0.568. The molecule has 5 N–H and O–H groups in total. The number of nitrogens with zero attached hydrogens (tertiary/aromatic N) is 5. The zero-order chi connectivity index (χ0) is 23.9. The first-order chi connectivity index (χ1) is 15.7. The van der Waals surface area contributed by atoms with Crippen molar-refractivity contribution in [2.75, 3.05) is 16.8 Å². The summed E-state index contributed by atoms with van der Waals surface area (Å²) in [5.74, 6) is 0.447. The second-order valence-corrected chi connectivity index (χ2v) is 8.04. The zero-order valence-electron chi connectivity index (χ0n) is 18.2. The first kappa shape index (κ1) is 22.0. The molecule has 0 aliphatic heterocycles. The van der Waals surface area contributed by atoms with Gasteiger partial charge in [-0.15, -0.1) is 0 Å². The van der Waals surface area contributed by atoms with Gasteiger partial charge in [0.1, 0.15) is 23.3 Å². The van der Waals surface area contributed by atoms with E-state index in [0.717, 1.165) is 11.1 Å². The Morgan fingerprint density at radius 1 is 1.12 bits per heavy atom. The number of nitrogen functional groups attached to an aromatic ring is 2. The Hall–Kier alpha value is -4.16. The Bertz CT molecular complexity index is 1510. The third kappa shape index (κ3) is 3.81. The zero-order valence-corrected chi connectivity index (χ0v) is 19.0. The Morgan fingerprint density at radius 2 is 1.85 bits per heavy atom. The average Bonchev–Trinajstić information content (AvgIpc) is 2.75. The maximum Gasteiger partial charge on any atom is 0.267 e. The highest BCUT2D eigenvalue weighted by Crippen LogP contribution is 2.28. The molecule has 0 unspecified atom stereocenters. The van der Waals surface area contributed by atoms with Crippen LogP contribution >= 0.6 is 11.6 Å². The van der Waals surface area contributed by atoms with Gasteiger partial charge in [-0.3, -0.25) is 9.36 Å². The fraction of sp³-hybridized carbons (Fsp3) is 0.174. The molecule has 166 valence electrons. The molecule has 1 atom stereocenters. The van der Waals surface area contributed by atoms with Crippen LogP contribution in [0.1, 0.15) is 35.5 Å². The molecule has 9 nitrogen and oxygen atoms in total. The number of rotatable bonds is 4. The quantitative estimate of drug-likeness (QED) is 0.417. The van der Waals surface area contributed by atoms with Gasteiger partial charge in [-0.25, -0.2) is 4.98 Å². The summed E-state index contributed by atoms with van der Waals surface area (Å²) in [5, 5.41) is 13.3. The van der Waals surface area contributed by atoms with Gasteiger partial charge in [-0.2, -0.15) is 15.2 Å². The van der Waals surface area contributed by atoms with Crippen LogP contribution in [0.5, 0.6) is 0 Å². The van der Waals surface area contributed by atoms with E-state index in [4.69, 9.17) is 28.1 Å². The van der Waals surface area contributed by atoms with Gasteiger partial charge in [0.25, 0.3) is 5.56 Å².